The molecule has 0 spiro atoms. The molecule has 2 aromatic rings. The maximum atomic E-state index is 6.10. The fraction of sp³-hybridized carbons (Fsp3) is 0.143. The van der Waals surface area contributed by atoms with Crippen molar-refractivity contribution in [2.75, 3.05) is 12.3 Å². The van der Waals surface area contributed by atoms with Gasteiger partial charge >= 0.3 is 0 Å². The van der Waals surface area contributed by atoms with Gasteiger partial charge in [-0.1, -0.05) is 39.8 Å². The molecular formula is C14H14BrNOS. The molecule has 0 aliphatic heterocycles. The van der Waals surface area contributed by atoms with E-state index in [2.05, 4.69) is 28.1 Å². The van der Waals surface area contributed by atoms with Crippen molar-refractivity contribution in [1.29, 1.82) is 0 Å². The normalized spacial score (nSPS) is 10.3. The van der Waals surface area contributed by atoms with Gasteiger partial charge in [0.15, 0.2) is 0 Å². The minimum atomic E-state index is 0.620. The highest BCUT2D eigenvalue weighted by molar-refractivity contribution is 9.10. The number of para-hydroxylation sites is 1. The van der Waals surface area contributed by atoms with Crippen LogP contribution in [-0.4, -0.2) is 6.61 Å². The van der Waals surface area contributed by atoms with E-state index in [1.807, 2.05) is 37.3 Å². The number of halogens is 1. The molecule has 0 aromatic heterocycles. The summed E-state index contributed by atoms with van der Waals surface area (Å²) >= 11 is 5.10. The predicted octanol–water partition coefficient (Wildman–Crippen LogP) is 4.58. The van der Waals surface area contributed by atoms with Crippen LogP contribution in [0.1, 0.15) is 6.92 Å². The zero-order chi connectivity index (χ0) is 13.0. The Kier molecular flexibility index (Phi) is 4.55. The van der Waals surface area contributed by atoms with Crippen molar-refractivity contribution in [1.82, 2.24) is 0 Å². The molecule has 18 heavy (non-hydrogen) atoms. The first kappa shape index (κ1) is 13.3. The highest BCUT2D eigenvalue weighted by Gasteiger charge is 2.07. The average molecular weight is 324 g/mol. The van der Waals surface area contributed by atoms with Crippen molar-refractivity contribution in [2.24, 2.45) is 0 Å². The highest BCUT2D eigenvalue weighted by atomic mass is 79.9. The zero-order valence-electron chi connectivity index (χ0n) is 10.0. The Morgan fingerprint density at radius 1 is 1.22 bits per heavy atom. The van der Waals surface area contributed by atoms with E-state index in [9.17, 15) is 0 Å². The lowest BCUT2D eigenvalue weighted by molar-refractivity contribution is 0.341. The minimum Gasteiger partial charge on any atom is -0.492 e. The van der Waals surface area contributed by atoms with Crippen LogP contribution >= 0.6 is 27.7 Å². The third-order valence-corrected chi connectivity index (χ3v) is 3.91. The number of hydrogen-bond donors (Lipinski definition) is 1. The summed E-state index contributed by atoms with van der Waals surface area (Å²) in [5.74, 6) is 0.748. The molecule has 0 aliphatic carbocycles. The fourth-order valence-electron chi connectivity index (χ4n) is 1.55. The molecule has 4 heteroatoms. The summed E-state index contributed by atoms with van der Waals surface area (Å²) in [5.41, 5.74) is 6.80. The van der Waals surface area contributed by atoms with Crippen molar-refractivity contribution in [3.63, 3.8) is 0 Å². The van der Waals surface area contributed by atoms with E-state index in [4.69, 9.17) is 10.5 Å². The van der Waals surface area contributed by atoms with E-state index in [-0.39, 0.29) is 0 Å². The lowest BCUT2D eigenvalue weighted by Gasteiger charge is -2.11. The molecule has 94 valence electrons. The molecule has 0 aliphatic rings. The van der Waals surface area contributed by atoms with Crippen molar-refractivity contribution in [3.8, 4) is 5.75 Å². The number of rotatable bonds is 4. The summed E-state index contributed by atoms with van der Waals surface area (Å²) in [6, 6.07) is 14.0. The van der Waals surface area contributed by atoms with E-state index in [0.29, 0.717) is 12.3 Å². The van der Waals surface area contributed by atoms with Crippen molar-refractivity contribution in [2.45, 2.75) is 16.7 Å². The molecule has 0 saturated carbocycles. The van der Waals surface area contributed by atoms with Crippen LogP contribution in [0, 0.1) is 0 Å². The number of hydrogen-bond acceptors (Lipinski definition) is 3. The molecule has 0 amide bonds. The van der Waals surface area contributed by atoms with E-state index < -0.39 is 0 Å². The summed E-state index contributed by atoms with van der Waals surface area (Å²) in [6.07, 6.45) is 0. The Morgan fingerprint density at radius 2 is 2.00 bits per heavy atom. The number of nitrogen functional groups attached to an aromatic ring is 1. The Morgan fingerprint density at radius 3 is 2.72 bits per heavy atom. The SMILES string of the molecule is CCOc1cccc(Sc2cccc(Br)c2)c1N. The minimum absolute atomic E-state index is 0.620. The first-order valence-corrected chi connectivity index (χ1v) is 7.26. The van der Waals surface area contributed by atoms with Crippen LogP contribution in [0.5, 0.6) is 5.75 Å². The molecule has 2 nitrogen and oxygen atoms in total. The molecule has 0 saturated heterocycles. The molecule has 0 fully saturated rings. The molecule has 2 N–H and O–H groups in total. The second kappa shape index (κ2) is 6.16. The van der Waals surface area contributed by atoms with Crippen molar-refractivity contribution >= 4 is 33.4 Å². The Balaban J connectivity index is 2.26. The first-order valence-electron chi connectivity index (χ1n) is 5.65. The maximum absolute atomic E-state index is 6.10. The molecule has 0 atom stereocenters. The van der Waals surface area contributed by atoms with Crippen LogP contribution in [0.4, 0.5) is 5.69 Å². The van der Waals surface area contributed by atoms with E-state index in [1.165, 1.54) is 0 Å². The summed E-state index contributed by atoms with van der Waals surface area (Å²) in [5, 5.41) is 0. The topological polar surface area (TPSA) is 35.2 Å². The van der Waals surface area contributed by atoms with Gasteiger partial charge in [-0.05, 0) is 37.3 Å². The van der Waals surface area contributed by atoms with Crippen LogP contribution in [0.2, 0.25) is 0 Å². The second-order valence-corrected chi connectivity index (χ2v) is 5.69. The Hall–Kier alpha value is -1.13. The average Bonchev–Trinajstić information content (AvgIpc) is 2.35. The highest BCUT2D eigenvalue weighted by Crippen LogP contribution is 2.37. The van der Waals surface area contributed by atoms with Gasteiger partial charge in [0.1, 0.15) is 5.75 Å². The van der Waals surface area contributed by atoms with Gasteiger partial charge < -0.3 is 10.5 Å². The second-order valence-electron chi connectivity index (χ2n) is 3.66. The monoisotopic (exact) mass is 323 g/mol. The van der Waals surface area contributed by atoms with Crippen molar-refractivity contribution in [3.05, 3.63) is 46.9 Å². The number of benzene rings is 2. The van der Waals surface area contributed by atoms with Gasteiger partial charge in [-0.3, -0.25) is 0 Å². The lowest BCUT2D eigenvalue weighted by Crippen LogP contribution is -1.97. The predicted molar refractivity (Wildman–Crippen MR) is 80.3 cm³/mol. The van der Waals surface area contributed by atoms with Crippen LogP contribution in [0.15, 0.2) is 56.7 Å². The van der Waals surface area contributed by atoms with E-state index >= 15 is 0 Å². The third-order valence-electron chi connectivity index (χ3n) is 2.35. The van der Waals surface area contributed by atoms with Gasteiger partial charge in [0, 0.05) is 14.3 Å². The zero-order valence-corrected chi connectivity index (χ0v) is 12.4. The fourth-order valence-corrected chi connectivity index (χ4v) is 3.05. The van der Waals surface area contributed by atoms with Gasteiger partial charge in [0.25, 0.3) is 0 Å². The van der Waals surface area contributed by atoms with Crippen molar-refractivity contribution < 1.29 is 4.74 Å². The summed E-state index contributed by atoms with van der Waals surface area (Å²) < 4.78 is 6.55. The molecule has 2 aromatic carbocycles. The van der Waals surface area contributed by atoms with Gasteiger partial charge in [-0.25, -0.2) is 0 Å². The molecule has 0 heterocycles. The number of anilines is 1. The third kappa shape index (κ3) is 3.21. The van der Waals surface area contributed by atoms with E-state index in [1.54, 1.807) is 11.8 Å². The number of ether oxygens (including phenoxy) is 1. The Bertz CT molecular complexity index is 545. The molecular weight excluding hydrogens is 310 g/mol. The van der Waals surface area contributed by atoms with Gasteiger partial charge in [0.05, 0.1) is 12.3 Å². The standard InChI is InChI=1S/C14H14BrNOS/c1-2-17-12-7-4-8-13(14(12)16)18-11-6-3-5-10(15)9-11/h3-9H,2,16H2,1H3. The number of nitrogens with two attached hydrogens (primary N) is 1. The van der Waals surface area contributed by atoms with Gasteiger partial charge in [-0.15, -0.1) is 0 Å². The van der Waals surface area contributed by atoms with Crippen LogP contribution in [0.3, 0.4) is 0 Å². The molecule has 0 bridgehead atoms. The smallest absolute Gasteiger partial charge is 0.143 e. The van der Waals surface area contributed by atoms with Crippen LogP contribution in [0.25, 0.3) is 0 Å². The summed E-state index contributed by atoms with van der Waals surface area (Å²) in [4.78, 5) is 2.16. The maximum Gasteiger partial charge on any atom is 0.143 e. The van der Waals surface area contributed by atoms with E-state index in [0.717, 1.165) is 20.0 Å². The molecule has 0 unspecified atom stereocenters. The van der Waals surface area contributed by atoms with Crippen LogP contribution in [-0.2, 0) is 0 Å². The summed E-state index contributed by atoms with van der Waals surface area (Å²) in [6.45, 7) is 2.57. The quantitative estimate of drug-likeness (QED) is 0.836. The first-order chi connectivity index (χ1) is 8.70. The largest absolute Gasteiger partial charge is 0.492 e. The van der Waals surface area contributed by atoms with Crippen LogP contribution < -0.4 is 10.5 Å². The Labute approximate surface area is 120 Å². The summed E-state index contributed by atoms with van der Waals surface area (Å²) in [7, 11) is 0. The lowest BCUT2D eigenvalue weighted by atomic mass is 10.3. The molecule has 2 rings (SSSR count). The molecule has 0 radical (unpaired) electrons. The van der Waals surface area contributed by atoms with Gasteiger partial charge in [-0.2, -0.15) is 0 Å². The van der Waals surface area contributed by atoms with Gasteiger partial charge in [0.2, 0.25) is 0 Å².